The fraction of sp³-hybridized carbons (Fsp3) is 0.882. The maximum atomic E-state index is 3.56. The zero-order valence-corrected chi connectivity index (χ0v) is 22.8. The lowest BCUT2D eigenvalue weighted by atomic mass is 9.69. The molecular weight excluding hydrogens is 408 g/mol. The minimum atomic E-state index is 0.626. The SMILES string of the molecule is CCCC1CCC(C2CCC(C#CC#CC3CCC(C4CCC(CCC)CC4)CC3)CC2)CC1. The molecule has 0 nitrogen and oxygen atoms in total. The zero-order chi connectivity index (χ0) is 23.6. The topological polar surface area (TPSA) is 0 Å². The molecule has 0 saturated heterocycles. The van der Waals surface area contributed by atoms with Crippen LogP contribution >= 0.6 is 0 Å². The first-order chi connectivity index (χ1) is 16.7. The van der Waals surface area contributed by atoms with Crippen molar-refractivity contribution in [3.8, 4) is 23.7 Å². The van der Waals surface area contributed by atoms with Crippen LogP contribution in [0.2, 0.25) is 0 Å². The van der Waals surface area contributed by atoms with Gasteiger partial charge in [-0.3, -0.25) is 0 Å². The van der Waals surface area contributed by atoms with E-state index in [2.05, 4.69) is 37.5 Å². The second-order valence-electron chi connectivity index (χ2n) is 12.9. The number of hydrogen-bond acceptors (Lipinski definition) is 0. The van der Waals surface area contributed by atoms with Gasteiger partial charge in [0.05, 0.1) is 0 Å². The van der Waals surface area contributed by atoms with E-state index in [-0.39, 0.29) is 0 Å². The van der Waals surface area contributed by atoms with Gasteiger partial charge in [0.25, 0.3) is 0 Å². The molecule has 0 unspecified atom stereocenters. The molecule has 0 spiro atoms. The van der Waals surface area contributed by atoms with Crippen molar-refractivity contribution in [2.45, 2.75) is 142 Å². The Morgan fingerprint density at radius 2 is 0.706 bits per heavy atom. The maximum Gasteiger partial charge on any atom is 0.0213 e. The smallest absolute Gasteiger partial charge is 0.0213 e. The van der Waals surface area contributed by atoms with Crippen molar-refractivity contribution in [2.24, 2.45) is 47.3 Å². The van der Waals surface area contributed by atoms with E-state index in [0.717, 1.165) is 35.5 Å². The lowest BCUT2D eigenvalue weighted by molar-refractivity contribution is 0.153. The van der Waals surface area contributed by atoms with Crippen molar-refractivity contribution < 1.29 is 0 Å². The van der Waals surface area contributed by atoms with Gasteiger partial charge in [0.1, 0.15) is 0 Å². The minimum Gasteiger partial charge on any atom is -0.0857 e. The predicted octanol–water partition coefficient (Wildman–Crippen LogP) is 9.82. The van der Waals surface area contributed by atoms with Crippen LogP contribution in [0.5, 0.6) is 0 Å². The summed E-state index contributed by atoms with van der Waals surface area (Å²) in [6.07, 6.45) is 28.8. The van der Waals surface area contributed by atoms with Gasteiger partial charge in [0, 0.05) is 11.8 Å². The Kier molecular flexibility index (Phi) is 10.8. The van der Waals surface area contributed by atoms with E-state index >= 15 is 0 Å². The Bertz CT molecular complexity index is 616. The highest BCUT2D eigenvalue weighted by molar-refractivity contribution is 5.28. The quantitative estimate of drug-likeness (QED) is 0.344. The molecule has 0 atom stereocenters. The molecule has 4 aliphatic carbocycles. The van der Waals surface area contributed by atoms with Gasteiger partial charge in [0.2, 0.25) is 0 Å². The highest BCUT2D eigenvalue weighted by Gasteiger charge is 2.31. The molecule has 4 saturated carbocycles. The van der Waals surface area contributed by atoms with Crippen LogP contribution in [0.25, 0.3) is 0 Å². The average Bonchev–Trinajstić information content (AvgIpc) is 2.89. The van der Waals surface area contributed by atoms with Gasteiger partial charge >= 0.3 is 0 Å². The Labute approximate surface area is 213 Å². The van der Waals surface area contributed by atoms with Gasteiger partial charge < -0.3 is 0 Å². The normalized spacial score (nSPS) is 38.8. The summed E-state index contributed by atoms with van der Waals surface area (Å²) in [5.74, 6) is 21.1. The number of rotatable bonds is 6. The van der Waals surface area contributed by atoms with Crippen LogP contribution in [0.3, 0.4) is 0 Å². The molecule has 4 fully saturated rings. The van der Waals surface area contributed by atoms with Crippen molar-refractivity contribution in [1.29, 1.82) is 0 Å². The van der Waals surface area contributed by atoms with Crippen molar-refractivity contribution >= 4 is 0 Å². The van der Waals surface area contributed by atoms with Crippen LogP contribution in [-0.4, -0.2) is 0 Å². The van der Waals surface area contributed by atoms with Crippen LogP contribution < -0.4 is 0 Å². The van der Waals surface area contributed by atoms with Crippen LogP contribution in [0.1, 0.15) is 142 Å². The van der Waals surface area contributed by atoms with E-state index < -0.39 is 0 Å². The lowest BCUT2D eigenvalue weighted by Crippen LogP contribution is -2.25. The zero-order valence-electron chi connectivity index (χ0n) is 22.8. The highest BCUT2D eigenvalue weighted by atomic mass is 14.4. The van der Waals surface area contributed by atoms with Crippen molar-refractivity contribution in [2.75, 3.05) is 0 Å². The summed E-state index contributed by atoms with van der Waals surface area (Å²) in [6, 6.07) is 0. The summed E-state index contributed by atoms with van der Waals surface area (Å²) in [5.41, 5.74) is 0. The molecule has 0 amide bonds. The van der Waals surface area contributed by atoms with Crippen LogP contribution in [-0.2, 0) is 0 Å². The van der Waals surface area contributed by atoms with Crippen LogP contribution in [0, 0.1) is 71.0 Å². The highest BCUT2D eigenvalue weighted by Crippen LogP contribution is 2.43. The fourth-order valence-corrected chi connectivity index (χ4v) is 8.46. The molecule has 0 N–H and O–H groups in total. The lowest BCUT2D eigenvalue weighted by Gasteiger charge is -2.37. The van der Waals surface area contributed by atoms with E-state index in [9.17, 15) is 0 Å². The number of hydrogen-bond donors (Lipinski definition) is 0. The Balaban J connectivity index is 1.11. The Hall–Kier alpha value is -0.880. The van der Waals surface area contributed by atoms with Gasteiger partial charge in [-0.05, 0) is 124 Å². The molecule has 0 radical (unpaired) electrons. The molecule has 0 aliphatic heterocycles. The molecule has 0 aromatic carbocycles. The summed E-state index contributed by atoms with van der Waals surface area (Å²) < 4.78 is 0. The van der Waals surface area contributed by atoms with E-state index in [0.29, 0.717) is 11.8 Å². The Morgan fingerprint density at radius 1 is 0.412 bits per heavy atom. The van der Waals surface area contributed by atoms with Gasteiger partial charge in [-0.15, -0.1) is 0 Å². The second-order valence-corrected chi connectivity index (χ2v) is 12.9. The van der Waals surface area contributed by atoms with Crippen molar-refractivity contribution in [3.63, 3.8) is 0 Å². The molecule has 0 heteroatoms. The van der Waals surface area contributed by atoms with Gasteiger partial charge in [-0.1, -0.05) is 77.1 Å². The van der Waals surface area contributed by atoms with Gasteiger partial charge in [0.15, 0.2) is 0 Å². The van der Waals surface area contributed by atoms with Crippen LogP contribution in [0.4, 0.5) is 0 Å². The van der Waals surface area contributed by atoms with E-state index in [1.54, 1.807) is 0 Å². The summed E-state index contributed by atoms with van der Waals surface area (Å²) in [4.78, 5) is 0. The average molecular weight is 463 g/mol. The summed E-state index contributed by atoms with van der Waals surface area (Å²) in [6.45, 7) is 4.70. The third-order valence-corrected chi connectivity index (χ3v) is 10.7. The van der Waals surface area contributed by atoms with E-state index in [1.165, 1.54) is 128 Å². The standard InChI is InChI=1S/C34H54/c1-3-7-27-11-19-31(20-12-27)33-23-15-29(16-24-33)9-5-6-10-30-17-25-34(26-18-30)32-21-13-28(8-4-2)14-22-32/h27-34H,3-4,7-8,11-26H2,1-2H3. The summed E-state index contributed by atoms with van der Waals surface area (Å²) in [5, 5.41) is 0. The molecule has 190 valence electrons. The van der Waals surface area contributed by atoms with Crippen molar-refractivity contribution in [1.82, 2.24) is 0 Å². The molecule has 0 heterocycles. The third-order valence-electron chi connectivity index (χ3n) is 10.7. The molecule has 0 aromatic rings. The van der Waals surface area contributed by atoms with E-state index in [4.69, 9.17) is 0 Å². The van der Waals surface area contributed by atoms with Crippen LogP contribution in [0.15, 0.2) is 0 Å². The summed E-state index contributed by atoms with van der Waals surface area (Å²) in [7, 11) is 0. The third kappa shape index (κ3) is 7.81. The molecule has 4 aliphatic rings. The first-order valence-electron chi connectivity index (χ1n) is 15.8. The minimum absolute atomic E-state index is 0.626. The monoisotopic (exact) mass is 462 g/mol. The van der Waals surface area contributed by atoms with Gasteiger partial charge in [-0.2, -0.15) is 0 Å². The van der Waals surface area contributed by atoms with Gasteiger partial charge in [-0.25, -0.2) is 0 Å². The predicted molar refractivity (Wildman–Crippen MR) is 147 cm³/mol. The fourth-order valence-electron chi connectivity index (χ4n) is 8.46. The largest absolute Gasteiger partial charge is 0.0857 e. The first-order valence-corrected chi connectivity index (χ1v) is 15.8. The molecular formula is C34H54. The molecule has 0 bridgehead atoms. The summed E-state index contributed by atoms with van der Waals surface area (Å²) >= 11 is 0. The molecule has 4 rings (SSSR count). The first kappa shape index (κ1) is 26.2. The molecule has 0 aromatic heterocycles. The maximum absolute atomic E-state index is 3.56. The molecule has 34 heavy (non-hydrogen) atoms. The Morgan fingerprint density at radius 3 is 1.00 bits per heavy atom. The second kappa shape index (κ2) is 14.0. The van der Waals surface area contributed by atoms with E-state index in [1.807, 2.05) is 0 Å². The van der Waals surface area contributed by atoms with Crippen molar-refractivity contribution in [3.05, 3.63) is 0 Å².